The monoisotopic (exact) mass is 381 g/mol. The molecule has 2 unspecified atom stereocenters. The summed E-state index contributed by atoms with van der Waals surface area (Å²) in [5, 5.41) is 12.6. The van der Waals surface area contributed by atoms with Crippen LogP contribution >= 0.6 is 0 Å². The zero-order valence-corrected chi connectivity index (χ0v) is 16.6. The Morgan fingerprint density at radius 2 is 1.75 bits per heavy atom. The number of aliphatic carboxylic acids is 1. The van der Waals surface area contributed by atoms with E-state index < -0.39 is 11.9 Å². The van der Waals surface area contributed by atoms with Crippen molar-refractivity contribution in [2.75, 3.05) is 25.0 Å². The molecular weight excluding hydrogens is 352 g/mol. The smallest absolute Gasteiger partial charge is 0.312 e. The first-order valence-corrected chi connectivity index (χ1v) is 9.86. The Kier molecular flexibility index (Phi) is 6.15. The molecule has 0 saturated carbocycles. The molecular formula is C23H29N2O3+. The number of carbonyl (C=O) groups excluding carboxylic acids is 1. The molecule has 2 aromatic carbocycles. The minimum Gasteiger partial charge on any atom is -0.481 e. The number of aryl methyl sites for hydroxylation is 2. The van der Waals surface area contributed by atoms with Crippen LogP contribution in [0.3, 0.4) is 0 Å². The Morgan fingerprint density at radius 1 is 1.07 bits per heavy atom. The minimum atomic E-state index is -0.759. The van der Waals surface area contributed by atoms with E-state index in [1.807, 2.05) is 62.4 Å². The van der Waals surface area contributed by atoms with Crippen molar-refractivity contribution in [1.29, 1.82) is 0 Å². The summed E-state index contributed by atoms with van der Waals surface area (Å²) in [6.45, 7) is 6.23. The number of benzene rings is 2. The van der Waals surface area contributed by atoms with Gasteiger partial charge in [-0.15, -0.1) is 0 Å². The Morgan fingerprint density at radius 3 is 2.39 bits per heavy atom. The second-order valence-electron chi connectivity index (χ2n) is 8.04. The van der Waals surface area contributed by atoms with Crippen molar-refractivity contribution in [3.63, 3.8) is 0 Å². The number of carbonyl (C=O) groups is 2. The number of carboxylic acids is 1. The van der Waals surface area contributed by atoms with E-state index >= 15 is 0 Å². The fourth-order valence-corrected chi connectivity index (χ4v) is 4.33. The number of hydrogen-bond donors (Lipinski definition) is 2. The second-order valence-corrected chi connectivity index (χ2v) is 8.04. The van der Waals surface area contributed by atoms with Crippen LogP contribution < -0.4 is 5.32 Å². The molecule has 0 aromatic heterocycles. The lowest BCUT2D eigenvalue weighted by atomic mass is 9.94. The number of quaternary nitrogens is 1. The van der Waals surface area contributed by atoms with Crippen LogP contribution in [-0.2, 0) is 16.1 Å². The molecule has 0 bridgehead atoms. The summed E-state index contributed by atoms with van der Waals surface area (Å²) in [5.74, 6) is -1.21. The van der Waals surface area contributed by atoms with Gasteiger partial charge in [-0.3, -0.25) is 9.59 Å². The Labute approximate surface area is 166 Å². The number of rotatable bonds is 6. The number of nitrogens with one attached hydrogen (secondary N) is 1. The molecule has 1 amide bonds. The van der Waals surface area contributed by atoms with Gasteiger partial charge in [0, 0.05) is 11.3 Å². The Hall–Kier alpha value is -2.66. The predicted octanol–water partition coefficient (Wildman–Crippen LogP) is 3.75. The summed E-state index contributed by atoms with van der Waals surface area (Å²) in [5.41, 5.74) is 4.06. The van der Waals surface area contributed by atoms with Gasteiger partial charge >= 0.3 is 5.97 Å². The number of piperidine rings is 1. The van der Waals surface area contributed by atoms with E-state index in [9.17, 15) is 14.7 Å². The highest BCUT2D eigenvalue weighted by Gasteiger charge is 2.40. The third-order valence-corrected chi connectivity index (χ3v) is 5.73. The molecule has 3 rings (SSSR count). The molecule has 1 aliphatic heterocycles. The zero-order valence-electron chi connectivity index (χ0n) is 16.6. The molecule has 5 nitrogen and oxygen atoms in total. The topological polar surface area (TPSA) is 66.4 Å². The molecule has 1 fully saturated rings. The van der Waals surface area contributed by atoms with Crippen LogP contribution in [0.2, 0.25) is 0 Å². The Balaban J connectivity index is 1.82. The molecule has 28 heavy (non-hydrogen) atoms. The van der Waals surface area contributed by atoms with Crippen LogP contribution in [0.5, 0.6) is 0 Å². The molecule has 148 valence electrons. The third kappa shape index (κ3) is 4.78. The van der Waals surface area contributed by atoms with Gasteiger partial charge < -0.3 is 14.9 Å². The van der Waals surface area contributed by atoms with Gasteiger partial charge in [-0.2, -0.15) is 0 Å². The summed E-state index contributed by atoms with van der Waals surface area (Å²) in [6.07, 6.45) is 1.50. The van der Waals surface area contributed by atoms with E-state index in [0.29, 0.717) is 24.0 Å². The molecule has 5 heteroatoms. The van der Waals surface area contributed by atoms with E-state index in [1.165, 1.54) is 0 Å². The summed E-state index contributed by atoms with van der Waals surface area (Å²) in [7, 11) is 0. The molecule has 1 heterocycles. The second kappa shape index (κ2) is 8.57. The maximum absolute atomic E-state index is 13.0. The molecule has 2 atom stereocenters. The molecule has 0 radical (unpaired) electrons. The average molecular weight is 381 g/mol. The van der Waals surface area contributed by atoms with Crippen molar-refractivity contribution >= 4 is 17.6 Å². The highest BCUT2D eigenvalue weighted by atomic mass is 16.4. The lowest BCUT2D eigenvalue weighted by Gasteiger charge is -2.43. The minimum absolute atomic E-state index is 0.0561. The van der Waals surface area contributed by atoms with Gasteiger partial charge in [-0.05, 0) is 37.8 Å². The molecule has 1 aliphatic rings. The van der Waals surface area contributed by atoms with Gasteiger partial charge in [0.05, 0.1) is 13.1 Å². The maximum Gasteiger partial charge on any atom is 0.312 e. The van der Waals surface area contributed by atoms with E-state index in [4.69, 9.17) is 0 Å². The van der Waals surface area contributed by atoms with Crippen molar-refractivity contribution in [2.24, 2.45) is 5.92 Å². The quantitative estimate of drug-likeness (QED) is 0.749. The average Bonchev–Trinajstić information content (AvgIpc) is 2.65. The van der Waals surface area contributed by atoms with Crippen molar-refractivity contribution in [1.82, 2.24) is 0 Å². The van der Waals surface area contributed by atoms with Gasteiger partial charge in [0.25, 0.3) is 5.91 Å². The first-order chi connectivity index (χ1) is 13.4. The van der Waals surface area contributed by atoms with Crippen LogP contribution in [0.15, 0.2) is 48.5 Å². The lowest BCUT2D eigenvalue weighted by Crippen LogP contribution is -2.57. The molecule has 2 N–H and O–H groups in total. The first kappa shape index (κ1) is 20.1. The summed E-state index contributed by atoms with van der Waals surface area (Å²) in [6, 6.07) is 16.0. The van der Waals surface area contributed by atoms with E-state index in [2.05, 4.69) is 5.32 Å². The summed E-state index contributed by atoms with van der Waals surface area (Å²) >= 11 is 0. The number of amides is 1. The highest BCUT2D eigenvalue weighted by Crippen LogP contribution is 2.27. The van der Waals surface area contributed by atoms with E-state index in [0.717, 1.165) is 35.3 Å². The number of para-hydroxylation sites is 1. The van der Waals surface area contributed by atoms with Crippen LogP contribution in [0.4, 0.5) is 5.69 Å². The van der Waals surface area contributed by atoms with Crippen molar-refractivity contribution < 1.29 is 19.2 Å². The molecule has 0 aliphatic carbocycles. The standard InChI is InChI=1S/C23H28N2O3/c1-17-8-6-9-18(2)22(17)24-21(26)16-25(14-19-10-4-3-5-11-19)13-7-12-20(15-25)23(27)28/h3-6,8-11,20H,7,12-16H2,1-2H3,(H-,24,26,27,28)/p+1. The number of likely N-dealkylation sites (tertiary alicyclic amines) is 1. The lowest BCUT2D eigenvalue weighted by molar-refractivity contribution is -0.940. The third-order valence-electron chi connectivity index (χ3n) is 5.73. The van der Waals surface area contributed by atoms with Gasteiger partial charge in [-0.25, -0.2) is 0 Å². The molecule has 1 saturated heterocycles. The van der Waals surface area contributed by atoms with Crippen molar-refractivity contribution in [2.45, 2.75) is 33.2 Å². The maximum atomic E-state index is 13.0. The van der Waals surface area contributed by atoms with Gasteiger partial charge in [0.1, 0.15) is 12.5 Å². The van der Waals surface area contributed by atoms with Crippen molar-refractivity contribution in [3.8, 4) is 0 Å². The predicted molar refractivity (Wildman–Crippen MR) is 110 cm³/mol. The van der Waals surface area contributed by atoms with Gasteiger partial charge in [0.15, 0.2) is 6.54 Å². The van der Waals surface area contributed by atoms with Crippen LogP contribution in [-0.4, -0.2) is 41.1 Å². The first-order valence-electron chi connectivity index (χ1n) is 9.86. The molecule has 0 spiro atoms. The summed E-state index contributed by atoms with van der Waals surface area (Å²) < 4.78 is 0.484. The number of carboxylic acid groups (broad SMARTS) is 1. The number of hydrogen-bond acceptors (Lipinski definition) is 2. The SMILES string of the molecule is Cc1cccc(C)c1NC(=O)C[N+]1(Cc2ccccc2)CCCC(C(=O)O)C1. The van der Waals surface area contributed by atoms with E-state index in [-0.39, 0.29) is 12.5 Å². The zero-order chi connectivity index (χ0) is 20.1. The highest BCUT2D eigenvalue weighted by molar-refractivity contribution is 5.93. The molecule has 2 aromatic rings. The van der Waals surface area contributed by atoms with Crippen LogP contribution in [0.25, 0.3) is 0 Å². The fraction of sp³-hybridized carbons (Fsp3) is 0.391. The number of nitrogens with zero attached hydrogens (tertiary/aromatic N) is 1. The van der Waals surface area contributed by atoms with Crippen molar-refractivity contribution in [3.05, 3.63) is 65.2 Å². The summed E-state index contributed by atoms with van der Waals surface area (Å²) in [4.78, 5) is 24.6. The Bertz CT molecular complexity index is 830. The van der Waals surface area contributed by atoms with Crippen LogP contribution in [0, 0.1) is 19.8 Å². The normalized spacial score (nSPS) is 21.9. The van der Waals surface area contributed by atoms with Crippen LogP contribution in [0.1, 0.15) is 29.5 Å². The largest absolute Gasteiger partial charge is 0.481 e. The van der Waals surface area contributed by atoms with Gasteiger partial charge in [0.2, 0.25) is 0 Å². The van der Waals surface area contributed by atoms with E-state index in [1.54, 1.807) is 0 Å². The van der Waals surface area contributed by atoms with Gasteiger partial charge in [-0.1, -0.05) is 48.5 Å². The fourth-order valence-electron chi connectivity index (χ4n) is 4.33. The number of anilines is 1.